The van der Waals surface area contributed by atoms with Gasteiger partial charge < -0.3 is 11.1 Å². The van der Waals surface area contributed by atoms with E-state index in [1.165, 1.54) is 16.7 Å². The lowest BCUT2D eigenvalue weighted by atomic mass is 10.1. The van der Waals surface area contributed by atoms with Crippen LogP contribution in [0.5, 0.6) is 0 Å². The molecule has 0 fully saturated rings. The highest BCUT2D eigenvalue weighted by Crippen LogP contribution is 2.32. The molecular formula is C18H20N2O. The summed E-state index contributed by atoms with van der Waals surface area (Å²) in [4.78, 5) is 12.3. The van der Waals surface area contributed by atoms with Crippen molar-refractivity contribution in [1.29, 1.82) is 0 Å². The maximum absolute atomic E-state index is 12.3. The second-order valence-electron chi connectivity index (χ2n) is 5.57. The van der Waals surface area contributed by atoms with E-state index in [4.69, 9.17) is 5.73 Å². The molecule has 0 radical (unpaired) electrons. The first kappa shape index (κ1) is 13.7. The highest BCUT2D eigenvalue weighted by molar-refractivity contribution is 5.94. The number of carbonyl (C=O) groups excluding carboxylic acids is 1. The van der Waals surface area contributed by atoms with Crippen molar-refractivity contribution in [2.45, 2.75) is 32.2 Å². The van der Waals surface area contributed by atoms with Gasteiger partial charge in [-0.15, -0.1) is 0 Å². The maximum atomic E-state index is 12.3. The summed E-state index contributed by atoms with van der Waals surface area (Å²) >= 11 is 0. The van der Waals surface area contributed by atoms with E-state index in [2.05, 4.69) is 12.2 Å². The SMILES string of the molecule is CCc1ccc(C(=O)NC2CCc3cc(N)ccc32)cc1. The van der Waals surface area contributed by atoms with Crippen LogP contribution in [-0.2, 0) is 12.8 Å². The van der Waals surface area contributed by atoms with Crippen LogP contribution in [0, 0.1) is 0 Å². The van der Waals surface area contributed by atoms with E-state index in [0.29, 0.717) is 0 Å². The molecule has 3 heteroatoms. The standard InChI is InChI=1S/C18H20N2O/c1-2-12-3-5-13(6-4-12)18(21)20-17-10-7-14-11-15(19)8-9-16(14)17/h3-6,8-9,11,17H,2,7,10,19H2,1H3,(H,20,21). The minimum absolute atomic E-state index is 0.00710. The fourth-order valence-electron chi connectivity index (χ4n) is 2.92. The predicted octanol–water partition coefficient (Wildman–Crippen LogP) is 3.25. The maximum Gasteiger partial charge on any atom is 0.251 e. The Morgan fingerprint density at radius 3 is 2.71 bits per heavy atom. The number of carbonyl (C=O) groups is 1. The van der Waals surface area contributed by atoms with Gasteiger partial charge in [0.1, 0.15) is 0 Å². The molecule has 0 saturated carbocycles. The van der Waals surface area contributed by atoms with Crippen molar-refractivity contribution >= 4 is 11.6 Å². The van der Waals surface area contributed by atoms with Gasteiger partial charge in [0.25, 0.3) is 5.91 Å². The summed E-state index contributed by atoms with van der Waals surface area (Å²) in [6.45, 7) is 2.11. The first-order chi connectivity index (χ1) is 10.2. The predicted molar refractivity (Wildman–Crippen MR) is 85.2 cm³/mol. The molecule has 0 saturated heterocycles. The van der Waals surface area contributed by atoms with Crippen molar-refractivity contribution in [1.82, 2.24) is 5.32 Å². The number of fused-ring (bicyclic) bond motifs is 1. The van der Waals surface area contributed by atoms with Crippen molar-refractivity contribution in [3.8, 4) is 0 Å². The van der Waals surface area contributed by atoms with E-state index >= 15 is 0 Å². The third kappa shape index (κ3) is 2.77. The van der Waals surface area contributed by atoms with Gasteiger partial charge >= 0.3 is 0 Å². The molecule has 0 aliphatic heterocycles. The number of anilines is 1. The molecule has 3 rings (SSSR count). The molecule has 2 aromatic carbocycles. The summed E-state index contributed by atoms with van der Waals surface area (Å²) in [6, 6.07) is 13.9. The lowest BCUT2D eigenvalue weighted by Gasteiger charge is -2.14. The third-order valence-electron chi connectivity index (χ3n) is 4.17. The molecule has 3 N–H and O–H groups in total. The van der Waals surface area contributed by atoms with Crippen LogP contribution in [-0.4, -0.2) is 5.91 Å². The number of rotatable bonds is 3. The third-order valence-corrected chi connectivity index (χ3v) is 4.17. The molecule has 1 aliphatic carbocycles. The normalized spacial score (nSPS) is 16.5. The molecule has 0 bridgehead atoms. The van der Waals surface area contributed by atoms with Crippen molar-refractivity contribution in [3.63, 3.8) is 0 Å². The second kappa shape index (κ2) is 5.60. The fourth-order valence-corrected chi connectivity index (χ4v) is 2.92. The molecule has 0 aromatic heterocycles. The molecule has 1 amide bonds. The summed E-state index contributed by atoms with van der Waals surface area (Å²) in [7, 11) is 0. The zero-order chi connectivity index (χ0) is 14.8. The Hall–Kier alpha value is -2.29. The Morgan fingerprint density at radius 2 is 2.00 bits per heavy atom. The minimum Gasteiger partial charge on any atom is -0.399 e. The number of nitrogens with one attached hydrogen (secondary N) is 1. The summed E-state index contributed by atoms with van der Waals surface area (Å²) in [5.41, 5.74) is 11.0. The van der Waals surface area contributed by atoms with E-state index in [-0.39, 0.29) is 11.9 Å². The zero-order valence-corrected chi connectivity index (χ0v) is 12.2. The number of nitrogens with two attached hydrogens (primary N) is 1. The monoisotopic (exact) mass is 280 g/mol. The molecule has 1 unspecified atom stereocenters. The molecule has 0 heterocycles. The summed E-state index contributed by atoms with van der Waals surface area (Å²) in [6.07, 6.45) is 2.90. The Bertz CT molecular complexity index is 661. The fraction of sp³-hybridized carbons (Fsp3) is 0.278. The summed E-state index contributed by atoms with van der Waals surface area (Å²) in [5.74, 6) is -0.00710. The lowest BCUT2D eigenvalue weighted by Crippen LogP contribution is -2.27. The van der Waals surface area contributed by atoms with Gasteiger partial charge in [0, 0.05) is 11.3 Å². The van der Waals surface area contributed by atoms with Crippen LogP contribution in [0.3, 0.4) is 0 Å². The Balaban J connectivity index is 1.74. The van der Waals surface area contributed by atoms with Crippen LogP contribution in [0.1, 0.15) is 46.4 Å². The topological polar surface area (TPSA) is 55.1 Å². The van der Waals surface area contributed by atoms with Crippen LogP contribution in [0.4, 0.5) is 5.69 Å². The molecule has 1 atom stereocenters. The second-order valence-corrected chi connectivity index (χ2v) is 5.57. The minimum atomic E-state index is -0.00710. The lowest BCUT2D eigenvalue weighted by molar-refractivity contribution is 0.0936. The van der Waals surface area contributed by atoms with Crippen LogP contribution < -0.4 is 11.1 Å². The Morgan fingerprint density at radius 1 is 1.24 bits per heavy atom. The number of nitrogen functional groups attached to an aromatic ring is 1. The molecule has 3 nitrogen and oxygen atoms in total. The van der Waals surface area contributed by atoms with E-state index in [0.717, 1.165) is 30.5 Å². The molecule has 108 valence electrons. The van der Waals surface area contributed by atoms with E-state index in [9.17, 15) is 4.79 Å². The van der Waals surface area contributed by atoms with Gasteiger partial charge in [0.15, 0.2) is 0 Å². The molecule has 0 spiro atoms. The first-order valence-electron chi connectivity index (χ1n) is 7.45. The quantitative estimate of drug-likeness (QED) is 0.848. The number of amides is 1. The van der Waals surface area contributed by atoms with Gasteiger partial charge in [-0.1, -0.05) is 25.1 Å². The van der Waals surface area contributed by atoms with Gasteiger partial charge in [-0.2, -0.15) is 0 Å². The number of benzene rings is 2. The van der Waals surface area contributed by atoms with Gasteiger partial charge in [-0.25, -0.2) is 0 Å². The van der Waals surface area contributed by atoms with Crippen molar-refractivity contribution < 1.29 is 4.79 Å². The highest BCUT2D eigenvalue weighted by Gasteiger charge is 2.24. The molecule has 21 heavy (non-hydrogen) atoms. The van der Waals surface area contributed by atoms with Crippen molar-refractivity contribution in [3.05, 3.63) is 64.7 Å². The Labute approximate surface area is 125 Å². The highest BCUT2D eigenvalue weighted by atomic mass is 16.1. The van der Waals surface area contributed by atoms with Gasteiger partial charge in [-0.05, 0) is 60.2 Å². The van der Waals surface area contributed by atoms with Crippen LogP contribution in [0.25, 0.3) is 0 Å². The summed E-state index contributed by atoms with van der Waals surface area (Å²) < 4.78 is 0. The van der Waals surface area contributed by atoms with Crippen molar-refractivity contribution in [2.75, 3.05) is 5.73 Å². The van der Waals surface area contributed by atoms with E-state index < -0.39 is 0 Å². The van der Waals surface area contributed by atoms with E-state index in [1.807, 2.05) is 42.5 Å². The van der Waals surface area contributed by atoms with Gasteiger partial charge in [0.2, 0.25) is 0 Å². The molecular weight excluding hydrogens is 260 g/mol. The summed E-state index contributed by atoms with van der Waals surface area (Å²) in [5, 5.41) is 3.13. The largest absolute Gasteiger partial charge is 0.399 e. The molecule has 2 aromatic rings. The number of hydrogen-bond donors (Lipinski definition) is 2. The first-order valence-corrected chi connectivity index (χ1v) is 7.45. The van der Waals surface area contributed by atoms with Crippen LogP contribution in [0.2, 0.25) is 0 Å². The van der Waals surface area contributed by atoms with Crippen LogP contribution in [0.15, 0.2) is 42.5 Å². The average Bonchev–Trinajstić information content (AvgIpc) is 2.89. The number of hydrogen-bond acceptors (Lipinski definition) is 2. The van der Waals surface area contributed by atoms with Gasteiger partial charge in [0.05, 0.1) is 6.04 Å². The number of aryl methyl sites for hydroxylation is 2. The smallest absolute Gasteiger partial charge is 0.251 e. The van der Waals surface area contributed by atoms with Gasteiger partial charge in [-0.3, -0.25) is 4.79 Å². The van der Waals surface area contributed by atoms with E-state index in [1.54, 1.807) is 0 Å². The van der Waals surface area contributed by atoms with Crippen LogP contribution >= 0.6 is 0 Å². The Kier molecular flexibility index (Phi) is 3.65. The molecule has 1 aliphatic rings. The zero-order valence-electron chi connectivity index (χ0n) is 12.2. The van der Waals surface area contributed by atoms with Crippen molar-refractivity contribution in [2.24, 2.45) is 0 Å². The average molecular weight is 280 g/mol.